The summed E-state index contributed by atoms with van der Waals surface area (Å²) in [4.78, 5) is 13.4. The molecule has 0 aromatic carbocycles. The Morgan fingerprint density at radius 3 is 2.71 bits per heavy atom. The standard InChI is InChI=1S/C13H26N2O2/c1-12(11-15-9-4-3-5-10-15)14-8-6-7-13(16)17-2/h12,14H,3-11H2,1-2H3. The third-order valence-electron chi connectivity index (χ3n) is 3.26. The van der Waals surface area contributed by atoms with Crippen LogP contribution in [-0.2, 0) is 9.53 Å². The molecule has 1 aliphatic heterocycles. The van der Waals surface area contributed by atoms with Crippen LogP contribution in [-0.4, -0.2) is 50.2 Å². The summed E-state index contributed by atoms with van der Waals surface area (Å²) >= 11 is 0. The van der Waals surface area contributed by atoms with Gasteiger partial charge in [0.1, 0.15) is 0 Å². The van der Waals surface area contributed by atoms with E-state index < -0.39 is 0 Å². The molecule has 1 unspecified atom stereocenters. The first-order valence-electron chi connectivity index (χ1n) is 6.75. The zero-order chi connectivity index (χ0) is 12.5. The summed E-state index contributed by atoms with van der Waals surface area (Å²) in [5.41, 5.74) is 0. The molecule has 1 heterocycles. The minimum atomic E-state index is -0.115. The Morgan fingerprint density at radius 2 is 2.06 bits per heavy atom. The van der Waals surface area contributed by atoms with Crippen LogP contribution in [0.1, 0.15) is 39.0 Å². The molecule has 0 radical (unpaired) electrons. The number of carbonyl (C=O) groups is 1. The SMILES string of the molecule is COC(=O)CCCNC(C)CN1CCCCC1. The van der Waals surface area contributed by atoms with E-state index in [1.165, 1.54) is 39.5 Å². The van der Waals surface area contributed by atoms with Crippen LogP contribution in [0.2, 0.25) is 0 Å². The number of likely N-dealkylation sites (tertiary alicyclic amines) is 1. The highest BCUT2D eigenvalue weighted by atomic mass is 16.5. The first-order valence-corrected chi connectivity index (χ1v) is 6.75. The van der Waals surface area contributed by atoms with Crippen LogP contribution in [0.5, 0.6) is 0 Å². The molecule has 1 N–H and O–H groups in total. The van der Waals surface area contributed by atoms with Gasteiger partial charge >= 0.3 is 5.97 Å². The summed E-state index contributed by atoms with van der Waals surface area (Å²) in [6.07, 6.45) is 5.44. The molecule has 0 saturated carbocycles. The van der Waals surface area contributed by atoms with Crippen molar-refractivity contribution < 1.29 is 9.53 Å². The number of esters is 1. The largest absolute Gasteiger partial charge is 0.469 e. The van der Waals surface area contributed by atoms with Crippen molar-refractivity contribution in [1.29, 1.82) is 0 Å². The maximum Gasteiger partial charge on any atom is 0.305 e. The summed E-state index contributed by atoms with van der Waals surface area (Å²) in [7, 11) is 1.44. The van der Waals surface area contributed by atoms with Gasteiger partial charge in [-0.2, -0.15) is 0 Å². The lowest BCUT2D eigenvalue weighted by Gasteiger charge is -2.29. The number of piperidine rings is 1. The molecule has 4 heteroatoms. The van der Waals surface area contributed by atoms with Crippen LogP contribution in [0, 0.1) is 0 Å². The monoisotopic (exact) mass is 242 g/mol. The quantitative estimate of drug-likeness (QED) is 0.541. The first kappa shape index (κ1) is 14.5. The Bertz CT molecular complexity index is 215. The Morgan fingerprint density at radius 1 is 1.35 bits per heavy atom. The Kier molecular flexibility index (Phi) is 7.21. The molecule has 1 atom stereocenters. The van der Waals surface area contributed by atoms with Crippen molar-refractivity contribution in [2.75, 3.05) is 33.3 Å². The van der Waals surface area contributed by atoms with Gasteiger partial charge in [0.05, 0.1) is 7.11 Å². The van der Waals surface area contributed by atoms with Gasteiger partial charge in [-0.25, -0.2) is 0 Å². The number of rotatable bonds is 7. The van der Waals surface area contributed by atoms with E-state index in [1.54, 1.807) is 0 Å². The van der Waals surface area contributed by atoms with Gasteiger partial charge in [-0.05, 0) is 45.8 Å². The van der Waals surface area contributed by atoms with Crippen molar-refractivity contribution in [1.82, 2.24) is 10.2 Å². The molecule has 100 valence electrons. The maximum absolute atomic E-state index is 10.9. The van der Waals surface area contributed by atoms with Crippen molar-refractivity contribution in [2.45, 2.75) is 45.1 Å². The molecule has 17 heavy (non-hydrogen) atoms. The van der Waals surface area contributed by atoms with E-state index in [4.69, 9.17) is 0 Å². The van der Waals surface area contributed by atoms with Gasteiger partial charge in [0, 0.05) is 19.0 Å². The highest BCUT2D eigenvalue weighted by Crippen LogP contribution is 2.08. The second-order valence-electron chi connectivity index (χ2n) is 4.90. The fourth-order valence-corrected chi connectivity index (χ4v) is 2.28. The smallest absolute Gasteiger partial charge is 0.305 e. The van der Waals surface area contributed by atoms with Crippen LogP contribution in [0.3, 0.4) is 0 Å². The summed E-state index contributed by atoms with van der Waals surface area (Å²) < 4.78 is 4.60. The third kappa shape index (κ3) is 6.64. The summed E-state index contributed by atoms with van der Waals surface area (Å²) in [6, 6.07) is 0.505. The number of hydrogen-bond donors (Lipinski definition) is 1. The number of ether oxygens (including phenoxy) is 1. The van der Waals surface area contributed by atoms with Gasteiger partial charge in [0.2, 0.25) is 0 Å². The van der Waals surface area contributed by atoms with E-state index in [1.807, 2.05) is 0 Å². The Labute approximate surface area is 105 Å². The van der Waals surface area contributed by atoms with Gasteiger partial charge in [0.15, 0.2) is 0 Å². The summed E-state index contributed by atoms with van der Waals surface area (Å²) in [5.74, 6) is -0.115. The van der Waals surface area contributed by atoms with Gasteiger partial charge in [-0.3, -0.25) is 4.79 Å². The average Bonchev–Trinajstić information content (AvgIpc) is 2.35. The highest BCUT2D eigenvalue weighted by molar-refractivity contribution is 5.69. The molecule has 0 bridgehead atoms. The number of nitrogens with one attached hydrogen (secondary N) is 1. The number of nitrogens with zero attached hydrogens (tertiary/aromatic N) is 1. The van der Waals surface area contributed by atoms with Crippen LogP contribution >= 0.6 is 0 Å². The molecule has 4 nitrogen and oxygen atoms in total. The molecule has 0 amide bonds. The second-order valence-corrected chi connectivity index (χ2v) is 4.90. The minimum Gasteiger partial charge on any atom is -0.469 e. The van der Waals surface area contributed by atoms with Gasteiger partial charge in [-0.15, -0.1) is 0 Å². The van der Waals surface area contributed by atoms with Gasteiger partial charge in [0.25, 0.3) is 0 Å². The highest BCUT2D eigenvalue weighted by Gasteiger charge is 2.12. The van der Waals surface area contributed by atoms with Crippen LogP contribution in [0.25, 0.3) is 0 Å². The normalized spacial score (nSPS) is 18.9. The molecule has 0 aromatic rings. The lowest BCUT2D eigenvalue weighted by atomic mass is 10.1. The molecule has 0 aliphatic carbocycles. The lowest BCUT2D eigenvalue weighted by Crippen LogP contribution is -2.41. The Balaban J connectivity index is 2.00. The molecular weight excluding hydrogens is 216 g/mol. The molecule has 1 aliphatic rings. The Hall–Kier alpha value is -0.610. The molecule has 0 aromatic heterocycles. The first-order chi connectivity index (χ1) is 8.22. The predicted octanol–water partition coefficient (Wildman–Crippen LogP) is 1.40. The molecule has 0 spiro atoms. The minimum absolute atomic E-state index is 0.115. The van der Waals surface area contributed by atoms with Gasteiger partial charge < -0.3 is 15.0 Å². The van der Waals surface area contributed by atoms with Crippen LogP contribution < -0.4 is 5.32 Å². The summed E-state index contributed by atoms with van der Waals surface area (Å²) in [5, 5.41) is 3.46. The molecule has 1 fully saturated rings. The van der Waals surface area contributed by atoms with Crippen molar-refractivity contribution in [3.05, 3.63) is 0 Å². The zero-order valence-electron chi connectivity index (χ0n) is 11.2. The number of carbonyl (C=O) groups excluding carboxylic acids is 1. The van der Waals surface area contributed by atoms with Gasteiger partial charge in [-0.1, -0.05) is 6.42 Å². The lowest BCUT2D eigenvalue weighted by molar-refractivity contribution is -0.140. The van der Waals surface area contributed by atoms with Crippen LogP contribution in [0.15, 0.2) is 0 Å². The van der Waals surface area contributed by atoms with E-state index in [-0.39, 0.29) is 5.97 Å². The van der Waals surface area contributed by atoms with Crippen molar-refractivity contribution >= 4 is 5.97 Å². The predicted molar refractivity (Wildman–Crippen MR) is 69.0 cm³/mol. The third-order valence-corrected chi connectivity index (χ3v) is 3.26. The van der Waals surface area contributed by atoms with Crippen molar-refractivity contribution in [2.24, 2.45) is 0 Å². The van der Waals surface area contributed by atoms with E-state index in [0.717, 1.165) is 19.5 Å². The second kappa shape index (κ2) is 8.48. The molecule has 1 rings (SSSR count). The number of methoxy groups -OCH3 is 1. The van der Waals surface area contributed by atoms with E-state index in [2.05, 4.69) is 21.9 Å². The number of hydrogen-bond acceptors (Lipinski definition) is 4. The van der Waals surface area contributed by atoms with E-state index in [9.17, 15) is 4.79 Å². The van der Waals surface area contributed by atoms with Crippen LogP contribution in [0.4, 0.5) is 0 Å². The fraction of sp³-hybridized carbons (Fsp3) is 0.923. The fourth-order valence-electron chi connectivity index (χ4n) is 2.28. The molecular formula is C13H26N2O2. The topological polar surface area (TPSA) is 41.6 Å². The maximum atomic E-state index is 10.9. The van der Waals surface area contributed by atoms with Crippen molar-refractivity contribution in [3.8, 4) is 0 Å². The molecule has 1 saturated heterocycles. The van der Waals surface area contributed by atoms with E-state index >= 15 is 0 Å². The zero-order valence-corrected chi connectivity index (χ0v) is 11.2. The van der Waals surface area contributed by atoms with E-state index in [0.29, 0.717) is 12.5 Å². The summed E-state index contributed by atoms with van der Waals surface area (Å²) in [6.45, 7) is 6.72. The van der Waals surface area contributed by atoms with Crippen molar-refractivity contribution in [3.63, 3.8) is 0 Å². The average molecular weight is 242 g/mol.